The van der Waals surface area contributed by atoms with Crippen LogP contribution in [0.4, 0.5) is 0 Å². The van der Waals surface area contributed by atoms with Gasteiger partial charge in [0.25, 0.3) is 0 Å². The summed E-state index contributed by atoms with van der Waals surface area (Å²) in [6, 6.07) is 1.80. The van der Waals surface area contributed by atoms with Crippen LogP contribution in [-0.2, 0) is 16.1 Å². The number of hydrogen-bond acceptors (Lipinski definition) is 4. The number of rotatable bonds is 5. The number of carboxylic acids is 1. The van der Waals surface area contributed by atoms with Crippen LogP contribution >= 0.6 is 0 Å². The summed E-state index contributed by atoms with van der Waals surface area (Å²) in [5.41, 5.74) is 0.825. The minimum atomic E-state index is -0.781. The van der Waals surface area contributed by atoms with Crippen LogP contribution in [0.5, 0.6) is 0 Å². The monoisotopic (exact) mass is 372 g/mol. The fraction of sp³-hybridized carbons (Fsp3) is 0.762. The molecule has 0 aromatic carbocycles. The molecule has 2 unspecified atom stereocenters. The van der Waals surface area contributed by atoms with Gasteiger partial charge in [0.15, 0.2) is 0 Å². The third-order valence-electron chi connectivity index (χ3n) is 8.20. The number of nitrogens with zero attached hydrogens (tertiary/aromatic N) is 1. The molecule has 1 amide bonds. The van der Waals surface area contributed by atoms with E-state index in [9.17, 15) is 14.7 Å². The summed E-state index contributed by atoms with van der Waals surface area (Å²) < 4.78 is 5.05. The number of aryl methyl sites for hydroxylation is 1. The molecule has 5 rings (SSSR count). The lowest BCUT2D eigenvalue weighted by Gasteiger charge is -2.26. The summed E-state index contributed by atoms with van der Waals surface area (Å²) in [6.45, 7) is 2.12. The van der Waals surface area contributed by atoms with Crippen LogP contribution < -0.4 is 5.32 Å². The topological polar surface area (TPSA) is 92.4 Å². The van der Waals surface area contributed by atoms with Crippen molar-refractivity contribution in [3.05, 3.63) is 17.5 Å². The van der Waals surface area contributed by atoms with E-state index in [1.165, 1.54) is 25.7 Å². The second kappa shape index (κ2) is 6.08. The van der Waals surface area contributed by atoms with Gasteiger partial charge in [0.2, 0.25) is 5.91 Å². The summed E-state index contributed by atoms with van der Waals surface area (Å²) in [5, 5.41) is 16.8. The number of nitrogens with one attached hydrogen (secondary N) is 1. The molecule has 1 aromatic heterocycles. The van der Waals surface area contributed by atoms with Gasteiger partial charge >= 0.3 is 5.97 Å². The summed E-state index contributed by atoms with van der Waals surface area (Å²) in [7, 11) is 0. The predicted octanol–water partition coefficient (Wildman–Crippen LogP) is 3.15. The molecular formula is C21H28N2O4. The van der Waals surface area contributed by atoms with E-state index in [0.29, 0.717) is 23.9 Å². The van der Waals surface area contributed by atoms with Gasteiger partial charge in [0, 0.05) is 6.07 Å². The lowest BCUT2D eigenvalue weighted by atomic mass is 9.78. The molecule has 2 bridgehead atoms. The van der Waals surface area contributed by atoms with E-state index < -0.39 is 11.9 Å². The van der Waals surface area contributed by atoms with Gasteiger partial charge < -0.3 is 14.9 Å². The van der Waals surface area contributed by atoms with Gasteiger partial charge in [-0.1, -0.05) is 30.8 Å². The first kappa shape index (κ1) is 17.3. The zero-order chi connectivity index (χ0) is 18.8. The molecule has 6 atom stereocenters. The maximum absolute atomic E-state index is 13.0. The normalized spacial score (nSPS) is 40.0. The van der Waals surface area contributed by atoms with Crippen LogP contribution in [0.2, 0.25) is 0 Å². The van der Waals surface area contributed by atoms with Crippen LogP contribution in [0, 0.1) is 47.8 Å². The Morgan fingerprint density at radius 3 is 2.52 bits per heavy atom. The van der Waals surface area contributed by atoms with E-state index in [4.69, 9.17) is 4.52 Å². The van der Waals surface area contributed by atoms with Crippen molar-refractivity contribution >= 4 is 11.9 Å². The van der Waals surface area contributed by atoms with Crippen molar-refractivity contribution < 1.29 is 19.2 Å². The Kier molecular flexibility index (Phi) is 3.89. The second-order valence-electron chi connectivity index (χ2n) is 9.29. The molecule has 1 spiro atoms. The minimum Gasteiger partial charge on any atom is -0.481 e. The van der Waals surface area contributed by atoms with Crippen molar-refractivity contribution in [2.45, 2.75) is 58.4 Å². The highest BCUT2D eigenvalue weighted by Gasteiger charge is 2.77. The Hall–Kier alpha value is -1.85. The van der Waals surface area contributed by atoms with E-state index in [0.717, 1.165) is 25.2 Å². The number of amides is 1. The molecule has 4 aliphatic carbocycles. The predicted molar refractivity (Wildman–Crippen MR) is 96.4 cm³/mol. The Balaban J connectivity index is 1.35. The molecule has 4 saturated carbocycles. The van der Waals surface area contributed by atoms with Gasteiger partial charge in [-0.05, 0) is 55.3 Å². The smallest absolute Gasteiger partial charge is 0.307 e. The second-order valence-corrected chi connectivity index (χ2v) is 9.29. The minimum absolute atomic E-state index is 0.105. The Labute approximate surface area is 159 Å². The standard InChI is InChI=1S/C21H28N2O4/c1-11-8-13(23-27-11)10-22-19(24)17-14-6-7-15(18(17)20(25)26)21(14)9-16(21)12-4-2-3-5-12/h8,12,14-18H,2-7,9-10H2,1H3,(H,22,24)(H,25,26)/t14-,15+,16?,17+,18+,21?/m0/s1. The van der Waals surface area contributed by atoms with Crippen LogP contribution in [0.3, 0.4) is 0 Å². The summed E-state index contributed by atoms with van der Waals surface area (Å²) >= 11 is 0. The van der Waals surface area contributed by atoms with E-state index in [-0.39, 0.29) is 29.1 Å². The lowest BCUT2D eigenvalue weighted by molar-refractivity contribution is -0.149. The average Bonchev–Trinajstić information content (AvgIpc) is 3.06. The maximum atomic E-state index is 13.0. The van der Waals surface area contributed by atoms with E-state index in [1.807, 2.05) is 6.92 Å². The summed E-state index contributed by atoms with van der Waals surface area (Å²) in [5.74, 6) is 0.776. The first-order valence-electron chi connectivity index (χ1n) is 10.4. The first-order chi connectivity index (χ1) is 13.0. The number of aromatic nitrogens is 1. The maximum Gasteiger partial charge on any atom is 0.307 e. The largest absolute Gasteiger partial charge is 0.481 e. The molecule has 0 saturated heterocycles. The summed E-state index contributed by atoms with van der Waals surface area (Å²) in [4.78, 5) is 25.2. The zero-order valence-electron chi connectivity index (χ0n) is 15.8. The van der Waals surface area contributed by atoms with Gasteiger partial charge in [0.1, 0.15) is 11.5 Å². The lowest BCUT2D eigenvalue weighted by Crippen LogP contribution is -2.41. The van der Waals surface area contributed by atoms with Crippen molar-refractivity contribution in [1.29, 1.82) is 0 Å². The highest BCUT2D eigenvalue weighted by atomic mass is 16.5. The van der Waals surface area contributed by atoms with Gasteiger partial charge in [-0.3, -0.25) is 9.59 Å². The Bertz CT molecular complexity index is 768. The number of carbonyl (C=O) groups is 2. The Morgan fingerprint density at radius 1 is 1.19 bits per heavy atom. The molecule has 4 aliphatic rings. The number of aliphatic carboxylic acids is 1. The van der Waals surface area contributed by atoms with Crippen molar-refractivity contribution in [2.24, 2.45) is 40.9 Å². The molecule has 0 aliphatic heterocycles. The third kappa shape index (κ3) is 2.48. The van der Waals surface area contributed by atoms with Crippen LogP contribution in [0.15, 0.2) is 10.6 Å². The van der Waals surface area contributed by atoms with Crippen molar-refractivity contribution in [3.8, 4) is 0 Å². The molecule has 146 valence electrons. The summed E-state index contributed by atoms with van der Waals surface area (Å²) in [6.07, 6.45) is 8.38. The zero-order valence-corrected chi connectivity index (χ0v) is 15.8. The quantitative estimate of drug-likeness (QED) is 0.828. The molecule has 0 radical (unpaired) electrons. The van der Waals surface area contributed by atoms with Crippen LogP contribution in [0.1, 0.15) is 56.4 Å². The fourth-order valence-electron chi connectivity index (χ4n) is 7.31. The van der Waals surface area contributed by atoms with Gasteiger partial charge in [-0.2, -0.15) is 0 Å². The molecule has 6 nitrogen and oxygen atoms in total. The molecule has 2 N–H and O–H groups in total. The highest BCUT2D eigenvalue weighted by Crippen LogP contribution is 2.79. The highest BCUT2D eigenvalue weighted by molar-refractivity contribution is 5.86. The number of carboxylic acid groups (broad SMARTS) is 1. The van der Waals surface area contributed by atoms with E-state index >= 15 is 0 Å². The number of carbonyl (C=O) groups excluding carboxylic acids is 1. The first-order valence-corrected chi connectivity index (χ1v) is 10.4. The van der Waals surface area contributed by atoms with Crippen LogP contribution in [-0.4, -0.2) is 22.1 Å². The van der Waals surface area contributed by atoms with Crippen molar-refractivity contribution in [3.63, 3.8) is 0 Å². The van der Waals surface area contributed by atoms with Crippen LogP contribution in [0.25, 0.3) is 0 Å². The molecule has 1 aromatic rings. The number of hydrogen-bond donors (Lipinski definition) is 2. The molecule has 4 fully saturated rings. The van der Waals surface area contributed by atoms with Gasteiger partial charge in [0.05, 0.1) is 18.4 Å². The Morgan fingerprint density at radius 2 is 1.89 bits per heavy atom. The molecule has 1 heterocycles. The van der Waals surface area contributed by atoms with E-state index in [1.54, 1.807) is 6.07 Å². The molecular weight excluding hydrogens is 344 g/mol. The van der Waals surface area contributed by atoms with Crippen molar-refractivity contribution in [2.75, 3.05) is 0 Å². The van der Waals surface area contributed by atoms with Crippen molar-refractivity contribution in [1.82, 2.24) is 10.5 Å². The van der Waals surface area contributed by atoms with Gasteiger partial charge in [-0.15, -0.1) is 0 Å². The SMILES string of the molecule is Cc1cc(CNC(=O)[C@H]2[C@H](C(=O)O)[C@H]3CC[C@@H]2C32CC2C2CCCC2)no1. The molecule has 6 heteroatoms. The molecule has 27 heavy (non-hydrogen) atoms. The van der Waals surface area contributed by atoms with Gasteiger partial charge in [-0.25, -0.2) is 0 Å². The third-order valence-corrected chi connectivity index (χ3v) is 8.20. The average molecular weight is 372 g/mol. The van der Waals surface area contributed by atoms with E-state index in [2.05, 4.69) is 10.5 Å². The fourth-order valence-corrected chi connectivity index (χ4v) is 7.31.